The second-order valence-corrected chi connectivity index (χ2v) is 5.33. The molecular weight excluding hydrogens is 260 g/mol. The number of carbonyl (C=O) groups excluding carboxylic acids is 1. The van der Waals surface area contributed by atoms with Crippen LogP contribution in [-0.2, 0) is 11.3 Å². The molecule has 0 fully saturated rings. The summed E-state index contributed by atoms with van der Waals surface area (Å²) in [7, 11) is 0. The fraction of sp³-hybridized carbons (Fsp3) is 0.533. The predicted molar refractivity (Wildman–Crippen MR) is 80.3 cm³/mol. The molecule has 0 aliphatic rings. The summed E-state index contributed by atoms with van der Waals surface area (Å²) >= 11 is 5.96. The van der Waals surface area contributed by atoms with Gasteiger partial charge in [-0.2, -0.15) is 0 Å². The Labute approximate surface area is 120 Å². The van der Waals surface area contributed by atoms with E-state index in [1.807, 2.05) is 36.1 Å². The molecule has 1 rings (SSSR count). The lowest BCUT2D eigenvalue weighted by Crippen LogP contribution is -2.34. The second-order valence-electron chi connectivity index (χ2n) is 4.90. The van der Waals surface area contributed by atoms with E-state index >= 15 is 0 Å². The van der Waals surface area contributed by atoms with Gasteiger partial charge < -0.3 is 10.2 Å². The highest BCUT2D eigenvalue weighted by molar-refractivity contribution is 6.30. The van der Waals surface area contributed by atoms with Crippen LogP contribution in [0.25, 0.3) is 0 Å². The zero-order valence-corrected chi connectivity index (χ0v) is 12.7. The third-order valence-corrected chi connectivity index (χ3v) is 3.12. The van der Waals surface area contributed by atoms with E-state index in [1.165, 1.54) is 0 Å². The van der Waals surface area contributed by atoms with E-state index in [2.05, 4.69) is 19.2 Å². The maximum Gasteiger partial charge on any atom is 0.224 e. The monoisotopic (exact) mass is 282 g/mol. The van der Waals surface area contributed by atoms with Crippen molar-refractivity contribution in [3.8, 4) is 0 Å². The predicted octanol–water partition coefficient (Wildman–Crippen LogP) is 3.08. The van der Waals surface area contributed by atoms with Gasteiger partial charge in [-0.05, 0) is 24.6 Å². The third kappa shape index (κ3) is 6.08. The van der Waals surface area contributed by atoms with E-state index in [0.29, 0.717) is 30.6 Å². The van der Waals surface area contributed by atoms with E-state index in [4.69, 9.17) is 11.6 Å². The van der Waals surface area contributed by atoms with Gasteiger partial charge in [0, 0.05) is 37.1 Å². The topological polar surface area (TPSA) is 32.3 Å². The molecule has 0 unspecified atom stereocenters. The number of carbonyl (C=O) groups is 1. The minimum atomic E-state index is 0.177. The average Bonchev–Trinajstić information content (AvgIpc) is 2.35. The van der Waals surface area contributed by atoms with Crippen molar-refractivity contribution < 1.29 is 4.79 Å². The van der Waals surface area contributed by atoms with Gasteiger partial charge in [-0.1, -0.05) is 37.6 Å². The van der Waals surface area contributed by atoms with Gasteiger partial charge >= 0.3 is 0 Å². The molecule has 0 aliphatic heterocycles. The molecule has 0 aliphatic carbocycles. The van der Waals surface area contributed by atoms with Gasteiger partial charge in [0.1, 0.15) is 0 Å². The smallest absolute Gasteiger partial charge is 0.224 e. The minimum Gasteiger partial charge on any atom is -0.339 e. The maximum absolute atomic E-state index is 12.1. The van der Waals surface area contributed by atoms with Crippen molar-refractivity contribution in [2.75, 3.05) is 13.1 Å². The van der Waals surface area contributed by atoms with Crippen LogP contribution in [0.2, 0.25) is 5.02 Å². The molecule has 1 aromatic carbocycles. The largest absolute Gasteiger partial charge is 0.339 e. The van der Waals surface area contributed by atoms with Gasteiger partial charge in [0.05, 0.1) is 0 Å². The first-order valence-electron chi connectivity index (χ1n) is 6.78. The van der Waals surface area contributed by atoms with Crippen LogP contribution in [0.4, 0.5) is 0 Å². The molecule has 3 nitrogen and oxygen atoms in total. The summed E-state index contributed by atoms with van der Waals surface area (Å²) in [5.41, 5.74) is 1.07. The standard InChI is InChI=1S/C15H23ClN2O/c1-4-18(15(19)8-9-17-12(2)3)11-13-6-5-7-14(16)10-13/h5-7,10,12,17H,4,8-9,11H2,1-3H3. The summed E-state index contributed by atoms with van der Waals surface area (Å²) in [5.74, 6) is 0.177. The molecule has 4 heteroatoms. The molecule has 1 amide bonds. The van der Waals surface area contributed by atoms with Crippen molar-refractivity contribution in [2.24, 2.45) is 0 Å². The minimum absolute atomic E-state index is 0.177. The lowest BCUT2D eigenvalue weighted by atomic mass is 10.2. The summed E-state index contributed by atoms with van der Waals surface area (Å²) in [4.78, 5) is 14.0. The number of hydrogen-bond acceptors (Lipinski definition) is 2. The molecule has 0 bridgehead atoms. The molecule has 0 heterocycles. The molecule has 106 valence electrons. The van der Waals surface area contributed by atoms with Crippen molar-refractivity contribution in [3.05, 3.63) is 34.9 Å². The maximum atomic E-state index is 12.1. The van der Waals surface area contributed by atoms with Gasteiger partial charge in [-0.15, -0.1) is 0 Å². The molecular formula is C15H23ClN2O. The molecule has 0 saturated heterocycles. The zero-order valence-electron chi connectivity index (χ0n) is 11.9. The van der Waals surface area contributed by atoms with Gasteiger partial charge in [0.25, 0.3) is 0 Å². The van der Waals surface area contributed by atoms with E-state index < -0.39 is 0 Å². The highest BCUT2D eigenvalue weighted by Gasteiger charge is 2.12. The molecule has 19 heavy (non-hydrogen) atoms. The van der Waals surface area contributed by atoms with Crippen LogP contribution in [0, 0.1) is 0 Å². The first kappa shape index (κ1) is 16.0. The molecule has 1 N–H and O–H groups in total. The summed E-state index contributed by atoms with van der Waals surface area (Å²) in [5, 5.41) is 3.97. The molecule has 0 spiro atoms. The normalized spacial score (nSPS) is 10.8. The average molecular weight is 283 g/mol. The Morgan fingerprint density at radius 1 is 1.42 bits per heavy atom. The lowest BCUT2D eigenvalue weighted by molar-refractivity contribution is -0.131. The van der Waals surface area contributed by atoms with Crippen LogP contribution >= 0.6 is 11.6 Å². The van der Waals surface area contributed by atoms with Crippen molar-refractivity contribution in [2.45, 2.75) is 39.8 Å². The first-order chi connectivity index (χ1) is 9.02. The SMILES string of the molecule is CCN(Cc1cccc(Cl)c1)C(=O)CCNC(C)C. The van der Waals surface area contributed by atoms with Crippen molar-refractivity contribution in [1.82, 2.24) is 10.2 Å². The quantitative estimate of drug-likeness (QED) is 0.834. The van der Waals surface area contributed by atoms with Crippen LogP contribution in [0.1, 0.15) is 32.8 Å². The Hall–Kier alpha value is -1.06. The van der Waals surface area contributed by atoms with Gasteiger partial charge in [0.2, 0.25) is 5.91 Å². The fourth-order valence-electron chi connectivity index (χ4n) is 1.86. The highest BCUT2D eigenvalue weighted by atomic mass is 35.5. The van der Waals surface area contributed by atoms with Gasteiger partial charge in [-0.3, -0.25) is 4.79 Å². The van der Waals surface area contributed by atoms with Gasteiger partial charge in [-0.25, -0.2) is 0 Å². The number of rotatable bonds is 7. The van der Waals surface area contributed by atoms with E-state index in [9.17, 15) is 4.79 Å². The summed E-state index contributed by atoms with van der Waals surface area (Å²) in [6.07, 6.45) is 0.534. The van der Waals surface area contributed by atoms with Crippen LogP contribution in [0.15, 0.2) is 24.3 Å². The molecule has 0 aromatic heterocycles. The number of amides is 1. The van der Waals surface area contributed by atoms with Crippen LogP contribution in [0.5, 0.6) is 0 Å². The molecule has 0 atom stereocenters. The first-order valence-corrected chi connectivity index (χ1v) is 7.16. The van der Waals surface area contributed by atoms with Gasteiger partial charge in [0.15, 0.2) is 0 Å². The highest BCUT2D eigenvalue weighted by Crippen LogP contribution is 2.13. The van der Waals surface area contributed by atoms with E-state index in [0.717, 1.165) is 12.1 Å². The number of nitrogens with one attached hydrogen (secondary N) is 1. The lowest BCUT2D eigenvalue weighted by Gasteiger charge is -2.21. The summed E-state index contributed by atoms with van der Waals surface area (Å²) in [6.45, 7) is 8.22. The van der Waals surface area contributed by atoms with Crippen molar-refractivity contribution in [1.29, 1.82) is 0 Å². The number of nitrogens with zero attached hydrogens (tertiary/aromatic N) is 1. The van der Waals surface area contributed by atoms with E-state index in [-0.39, 0.29) is 5.91 Å². The molecule has 0 radical (unpaired) electrons. The second kappa shape index (κ2) is 8.18. The van der Waals surface area contributed by atoms with Crippen molar-refractivity contribution in [3.63, 3.8) is 0 Å². The summed E-state index contributed by atoms with van der Waals surface area (Å²) < 4.78 is 0. The van der Waals surface area contributed by atoms with Crippen molar-refractivity contribution >= 4 is 17.5 Å². The van der Waals surface area contributed by atoms with E-state index in [1.54, 1.807) is 0 Å². The Morgan fingerprint density at radius 2 is 2.16 bits per heavy atom. The fourth-order valence-corrected chi connectivity index (χ4v) is 2.07. The van der Waals surface area contributed by atoms with Crippen LogP contribution < -0.4 is 5.32 Å². The molecule has 0 saturated carbocycles. The number of hydrogen-bond donors (Lipinski definition) is 1. The van der Waals surface area contributed by atoms with Crippen LogP contribution in [-0.4, -0.2) is 29.9 Å². The Morgan fingerprint density at radius 3 is 2.74 bits per heavy atom. The Balaban J connectivity index is 2.50. The third-order valence-electron chi connectivity index (χ3n) is 2.89. The summed E-state index contributed by atoms with van der Waals surface area (Å²) in [6, 6.07) is 8.07. The zero-order chi connectivity index (χ0) is 14.3. The number of benzene rings is 1. The van der Waals surface area contributed by atoms with Crippen LogP contribution in [0.3, 0.4) is 0 Å². The molecule has 1 aromatic rings. The Bertz CT molecular complexity index is 407. The Kier molecular flexibility index (Phi) is 6.89. The number of halogens is 1.